The van der Waals surface area contributed by atoms with Gasteiger partial charge in [0.1, 0.15) is 5.69 Å². The number of carbonyl (C=O) groups is 2. The van der Waals surface area contributed by atoms with Crippen LogP contribution in [0.15, 0.2) is 73.2 Å². The Morgan fingerprint density at radius 1 is 0.815 bits per heavy atom. The molecule has 0 fully saturated rings. The lowest BCUT2D eigenvalue weighted by molar-refractivity contribution is 0.0946. The highest BCUT2D eigenvalue weighted by molar-refractivity contribution is 5.98. The Hall–Kier alpha value is -3.54. The van der Waals surface area contributed by atoms with Crippen molar-refractivity contribution in [3.05, 3.63) is 95.6 Å². The Morgan fingerprint density at radius 3 is 2.37 bits per heavy atom. The normalized spacial score (nSPS) is 10.2. The Kier molecular flexibility index (Phi) is 6.25. The second-order valence-electron chi connectivity index (χ2n) is 5.96. The first-order valence-electron chi connectivity index (χ1n) is 8.67. The fourth-order valence-corrected chi connectivity index (χ4v) is 2.54. The number of amides is 2. The van der Waals surface area contributed by atoms with Crippen LogP contribution in [0.5, 0.6) is 0 Å². The lowest BCUT2D eigenvalue weighted by atomic mass is 10.1. The smallest absolute Gasteiger partial charge is 0.270 e. The molecule has 2 amide bonds. The van der Waals surface area contributed by atoms with Crippen molar-refractivity contribution >= 4 is 11.8 Å². The molecule has 27 heavy (non-hydrogen) atoms. The molecule has 0 radical (unpaired) electrons. The first-order valence-corrected chi connectivity index (χ1v) is 8.67. The van der Waals surface area contributed by atoms with E-state index in [-0.39, 0.29) is 17.5 Å². The number of nitrogens with one attached hydrogen (secondary N) is 2. The van der Waals surface area contributed by atoms with Crippen LogP contribution < -0.4 is 10.6 Å². The summed E-state index contributed by atoms with van der Waals surface area (Å²) in [4.78, 5) is 32.6. The largest absolute Gasteiger partial charge is 0.352 e. The van der Waals surface area contributed by atoms with Gasteiger partial charge in [-0.05, 0) is 41.8 Å². The van der Waals surface area contributed by atoms with Crippen molar-refractivity contribution < 1.29 is 9.59 Å². The number of pyridine rings is 2. The minimum absolute atomic E-state index is 0.208. The molecule has 0 aliphatic carbocycles. The van der Waals surface area contributed by atoms with Gasteiger partial charge < -0.3 is 10.6 Å². The zero-order chi connectivity index (χ0) is 18.9. The summed E-state index contributed by atoms with van der Waals surface area (Å²) in [7, 11) is 0. The maximum Gasteiger partial charge on any atom is 0.270 e. The summed E-state index contributed by atoms with van der Waals surface area (Å²) < 4.78 is 0. The van der Waals surface area contributed by atoms with Crippen molar-refractivity contribution in [1.29, 1.82) is 0 Å². The monoisotopic (exact) mass is 360 g/mol. The molecule has 2 N–H and O–H groups in total. The number of carbonyl (C=O) groups excluding carboxylic acids is 2. The summed E-state index contributed by atoms with van der Waals surface area (Å²) in [5.74, 6) is -0.553. The van der Waals surface area contributed by atoms with E-state index in [1.54, 1.807) is 18.5 Å². The number of rotatable bonds is 7. The van der Waals surface area contributed by atoms with Gasteiger partial charge in [0.05, 0.1) is 0 Å². The molecule has 3 rings (SSSR count). The van der Waals surface area contributed by atoms with E-state index in [1.165, 1.54) is 12.3 Å². The maximum atomic E-state index is 12.3. The molecule has 0 spiro atoms. The van der Waals surface area contributed by atoms with Gasteiger partial charge in [0.15, 0.2) is 0 Å². The molecular weight excluding hydrogens is 340 g/mol. The molecule has 6 heteroatoms. The van der Waals surface area contributed by atoms with E-state index >= 15 is 0 Å². The van der Waals surface area contributed by atoms with E-state index in [2.05, 4.69) is 20.6 Å². The third-order valence-electron chi connectivity index (χ3n) is 4.00. The molecule has 6 nitrogen and oxygen atoms in total. The van der Waals surface area contributed by atoms with Gasteiger partial charge in [-0.25, -0.2) is 0 Å². The molecule has 2 heterocycles. The van der Waals surface area contributed by atoms with Crippen molar-refractivity contribution in [2.75, 3.05) is 6.54 Å². The molecule has 2 aromatic heterocycles. The Morgan fingerprint density at radius 2 is 1.59 bits per heavy atom. The molecule has 0 saturated heterocycles. The standard InChI is InChI=1S/C21H20N4O2/c26-20(24-12-8-16-4-2-1-3-5-16)18-9-13-23-19(14-18)21(27)25-15-17-6-10-22-11-7-17/h1-7,9-11,13-14H,8,12,15H2,(H,24,26)(H,25,27). The lowest BCUT2D eigenvalue weighted by Crippen LogP contribution is -2.27. The van der Waals surface area contributed by atoms with Gasteiger partial charge >= 0.3 is 0 Å². The molecule has 1 aromatic carbocycles. The summed E-state index contributed by atoms with van der Waals surface area (Å²) in [5, 5.41) is 5.65. The molecule has 0 saturated carbocycles. The first-order chi connectivity index (χ1) is 13.2. The number of benzene rings is 1. The van der Waals surface area contributed by atoms with Crippen molar-refractivity contribution in [2.24, 2.45) is 0 Å². The van der Waals surface area contributed by atoms with Crippen LogP contribution in [0.3, 0.4) is 0 Å². The summed E-state index contributed by atoms with van der Waals surface area (Å²) in [5.41, 5.74) is 2.71. The van der Waals surface area contributed by atoms with Crippen LogP contribution in [0, 0.1) is 0 Å². The molecule has 0 bridgehead atoms. The first kappa shape index (κ1) is 18.3. The summed E-state index contributed by atoms with van der Waals surface area (Å²) in [6, 6.07) is 16.7. The van der Waals surface area contributed by atoms with Crippen LogP contribution in [0.2, 0.25) is 0 Å². The zero-order valence-electron chi connectivity index (χ0n) is 14.8. The SMILES string of the molecule is O=C(NCCc1ccccc1)c1ccnc(C(=O)NCc2ccncc2)c1. The molecule has 0 aliphatic rings. The highest BCUT2D eigenvalue weighted by Gasteiger charge is 2.11. The van der Waals surface area contributed by atoms with Crippen molar-refractivity contribution in [2.45, 2.75) is 13.0 Å². The fourth-order valence-electron chi connectivity index (χ4n) is 2.54. The van der Waals surface area contributed by atoms with Crippen LogP contribution in [0.4, 0.5) is 0 Å². The topological polar surface area (TPSA) is 84.0 Å². The zero-order valence-corrected chi connectivity index (χ0v) is 14.8. The third-order valence-corrected chi connectivity index (χ3v) is 4.00. The molecule has 0 atom stereocenters. The summed E-state index contributed by atoms with van der Waals surface area (Å²) in [6.07, 6.45) is 5.55. The van der Waals surface area contributed by atoms with Crippen LogP contribution in [-0.4, -0.2) is 28.3 Å². The fraction of sp³-hybridized carbons (Fsp3) is 0.143. The van der Waals surface area contributed by atoms with Gasteiger partial charge in [-0.2, -0.15) is 0 Å². The van der Waals surface area contributed by atoms with Gasteiger partial charge in [-0.15, -0.1) is 0 Å². The predicted octanol–water partition coefficient (Wildman–Crippen LogP) is 2.38. The second-order valence-corrected chi connectivity index (χ2v) is 5.96. The van der Waals surface area contributed by atoms with Gasteiger partial charge in [0, 0.05) is 37.2 Å². The van der Waals surface area contributed by atoms with Crippen LogP contribution in [0.25, 0.3) is 0 Å². The molecule has 136 valence electrons. The third kappa shape index (κ3) is 5.47. The van der Waals surface area contributed by atoms with Crippen LogP contribution in [-0.2, 0) is 13.0 Å². The van der Waals surface area contributed by atoms with Crippen LogP contribution >= 0.6 is 0 Å². The molecule has 0 aliphatic heterocycles. The molecule has 0 unspecified atom stereocenters. The maximum absolute atomic E-state index is 12.3. The van der Waals surface area contributed by atoms with E-state index in [9.17, 15) is 9.59 Å². The van der Waals surface area contributed by atoms with Crippen molar-refractivity contribution in [3.8, 4) is 0 Å². The van der Waals surface area contributed by atoms with E-state index in [1.807, 2.05) is 42.5 Å². The van der Waals surface area contributed by atoms with Crippen molar-refractivity contribution in [3.63, 3.8) is 0 Å². The second kappa shape index (κ2) is 9.24. The highest BCUT2D eigenvalue weighted by atomic mass is 16.2. The average Bonchev–Trinajstić information content (AvgIpc) is 2.73. The summed E-state index contributed by atoms with van der Waals surface area (Å²) >= 11 is 0. The minimum atomic E-state index is -0.328. The minimum Gasteiger partial charge on any atom is -0.352 e. The van der Waals surface area contributed by atoms with Crippen LogP contribution in [0.1, 0.15) is 32.0 Å². The Bertz CT molecular complexity index is 898. The Balaban J connectivity index is 1.54. The number of hydrogen-bond donors (Lipinski definition) is 2. The van der Waals surface area contributed by atoms with Gasteiger partial charge in [-0.1, -0.05) is 30.3 Å². The average molecular weight is 360 g/mol. The van der Waals surface area contributed by atoms with E-state index in [4.69, 9.17) is 0 Å². The van der Waals surface area contributed by atoms with Gasteiger partial charge in [-0.3, -0.25) is 19.6 Å². The number of aromatic nitrogens is 2. The molecular formula is C21H20N4O2. The summed E-state index contributed by atoms with van der Waals surface area (Å²) in [6.45, 7) is 0.894. The number of hydrogen-bond acceptors (Lipinski definition) is 4. The molecule has 3 aromatic rings. The predicted molar refractivity (Wildman–Crippen MR) is 102 cm³/mol. The highest BCUT2D eigenvalue weighted by Crippen LogP contribution is 2.04. The van der Waals surface area contributed by atoms with Gasteiger partial charge in [0.2, 0.25) is 0 Å². The van der Waals surface area contributed by atoms with E-state index in [0.717, 1.165) is 17.5 Å². The lowest BCUT2D eigenvalue weighted by Gasteiger charge is -2.08. The van der Waals surface area contributed by atoms with Gasteiger partial charge in [0.25, 0.3) is 11.8 Å². The van der Waals surface area contributed by atoms with E-state index < -0.39 is 0 Å². The van der Waals surface area contributed by atoms with Crippen molar-refractivity contribution in [1.82, 2.24) is 20.6 Å². The quantitative estimate of drug-likeness (QED) is 0.678. The van der Waals surface area contributed by atoms with E-state index in [0.29, 0.717) is 18.7 Å². The number of nitrogens with zero attached hydrogens (tertiary/aromatic N) is 2. The Labute approximate surface area is 157 Å².